The monoisotopic (exact) mass is 601 g/mol. The van der Waals surface area contributed by atoms with Gasteiger partial charge in [0.25, 0.3) is 0 Å². The number of carbonyl (C=O) groups excluding carboxylic acids is 1. The minimum atomic E-state index is -0.892. The van der Waals surface area contributed by atoms with Gasteiger partial charge >= 0.3 is 5.97 Å². The van der Waals surface area contributed by atoms with Gasteiger partial charge in [-0.25, -0.2) is 0 Å². The van der Waals surface area contributed by atoms with Crippen molar-refractivity contribution in [3.8, 4) is 0 Å². The van der Waals surface area contributed by atoms with Gasteiger partial charge in [0.2, 0.25) is 0 Å². The highest BCUT2D eigenvalue weighted by Gasteiger charge is 2.85. The molecule has 43 heavy (non-hydrogen) atoms. The summed E-state index contributed by atoms with van der Waals surface area (Å²) in [4.78, 5) is 13.1. The lowest BCUT2D eigenvalue weighted by atomic mass is 9.39. The molecule has 0 aromatic carbocycles. The van der Waals surface area contributed by atoms with E-state index in [1.165, 1.54) is 19.3 Å². The first-order chi connectivity index (χ1) is 19.7. The molecule has 0 bridgehead atoms. The largest absolute Gasteiger partial charge is 0.461 e. The van der Waals surface area contributed by atoms with E-state index in [-0.39, 0.29) is 40.3 Å². The predicted octanol–water partition coefficient (Wildman–Crippen LogP) is 6.78. The van der Waals surface area contributed by atoms with Gasteiger partial charge in [0.05, 0.1) is 23.4 Å². The number of nitrogens with two attached hydrogens (primary N) is 1. The van der Waals surface area contributed by atoms with Crippen LogP contribution >= 0.6 is 0 Å². The van der Waals surface area contributed by atoms with Crippen molar-refractivity contribution in [3.63, 3.8) is 0 Å². The van der Waals surface area contributed by atoms with Crippen molar-refractivity contribution in [1.29, 1.82) is 0 Å². The van der Waals surface area contributed by atoms with Gasteiger partial charge in [-0.2, -0.15) is 0 Å². The van der Waals surface area contributed by atoms with E-state index in [1.807, 2.05) is 20.8 Å². The predicted molar refractivity (Wildman–Crippen MR) is 169 cm³/mol. The molecule has 1 saturated heterocycles. The average Bonchev–Trinajstić information content (AvgIpc) is 3.34. The fourth-order valence-corrected chi connectivity index (χ4v) is 13.3. The lowest BCUT2D eigenvalue weighted by molar-refractivity contribution is -0.236. The van der Waals surface area contributed by atoms with Crippen molar-refractivity contribution >= 4 is 5.97 Å². The fourth-order valence-electron chi connectivity index (χ4n) is 13.3. The van der Waals surface area contributed by atoms with Crippen molar-refractivity contribution in [3.05, 3.63) is 0 Å². The molecule has 5 aliphatic carbocycles. The van der Waals surface area contributed by atoms with Gasteiger partial charge in [0, 0.05) is 10.8 Å². The van der Waals surface area contributed by atoms with Crippen LogP contribution < -0.4 is 5.73 Å². The molecular weight excluding hydrogens is 538 g/mol. The Kier molecular flexibility index (Phi) is 7.08. The molecule has 0 radical (unpaired) electrons. The van der Waals surface area contributed by atoms with Gasteiger partial charge < -0.3 is 25.4 Å². The molecule has 6 aliphatic rings. The Morgan fingerprint density at radius 2 is 1.60 bits per heavy atom. The molecule has 5 saturated carbocycles. The first-order valence-electron chi connectivity index (χ1n) is 17.8. The molecule has 6 nitrogen and oxygen atoms in total. The number of esters is 1. The smallest absolute Gasteiger partial charge is 0.323 e. The molecule has 0 aromatic heterocycles. The van der Waals surface area contributed by atoms with Crippen molar-refractivity contribution in [2.75, 3.05) is 0 Å². The highest BCUT2D eigenvalue weighted by molar-refractivity contribution is 5.76. The van der Waals surface area contributed by atoms with E-state index >= 15 is 0 Å². The van der Waals surface area contributed by atoms with E-state index in [1.54, 1.807) is 0 Å². The Labute approximate surface area is 261 Å². The van der Waals surface area contributed by atoms with E-state index in [9.17, 15) is 15.0 Å². The van der Waals surface area contributed by atoms with Crippen LogP contribution in [0.25, 0.3) is 0 Å². The number of aliphatic hydroxyl groups excluding tert-OH is 1. The van der Waals surface area contributed by atoms with Crippen LogP contribution in [-0.2, 0) is 14.3 Å². The Morgan fingerprint density at radius 3 is 2.21 bits per heavy atom. The van der Waals surface area contributed by atoms with Crippen LogP contribution in [0.15, 0.2) is 0 Å². The summed E-state index contributed by atoms with van der Waals surface area (Å²) in [7, 11) is 0. The zero-order valence-corrected chi connectivity index (χ0v) is 29.0. The van der Waals surface area contributed by atoms with Gasteiger partial charge in [0.1, 0.15) is 12.1 Å². The maximum atomic E-state index is 13.1. The minimum absolute atomic E-state index is 0.0175. The molecule has 6 fully saturated rings. The second-order valence-electron chi connectivity index (χ2n) is 18.6. The number of hydrogen-bond acceptors (Lipinski definition) is 6. The topological polar surface area (TPSA) is 102 Å². The van der Waals surface area contributed by atoms with Gasteiger partial charge in [-0.1, -0.05) is 54.9 Å². The van der Waals surface area contributed by atoms with Crippen LogP contribution in [0.4, 0.5) is 0 Å². The number of aliphatic hydroxyl groups is 2. The van der Waals surface area contributed by atoms with Crippen LogP contribution in [0.5, 0.6) is 0 Å². The van der Waals surface area contributed by atoms with Crippen LogP contribution in [0, 0.1) is 50.2 Å². The third-order valence-corrected chi connectivity index (χ3v) is 16.6. The van der Waals surface area contributed by atoms with Crippen LogP contribution in [-0.4, -0.2) is 51.7 Å². The van der Waals surface area contributed by atoms with Gasteiger partial charge in [-0.15, -0.1) is 0 Å². The summed E-state index contributed by atoms with van der Waals surface area (Å²) in [5.74, 6) is 1.01. The zero-order valence-electron chi connectivity index (χ0n) is 29.0. The second-order valence-corrected chi connectivity index (χ2v) is 18.6. The summed E-state index contributed by atoms with van der Waals surface area (Å²) in [6.45, 7) is 22.1. The summed E-state index contributed by atoms with van der Waals surface area (Å²) in [5.41, 5.74) is 5.04. The van der Waals surface area contributed by atoms with E-state index < -0.39 is 28.8 Å². The third kappa shape index (κ3) is 3.82. The van der Waals surface area contributed by atoms with Gasteiger partial charge in [-0.05, 0) is 124 Å². The van der Waals surface area contributed by atoms with Crippen LogP contribution in [0.1, 0.15) is 140 Å². The summed E-state index contributed by atoms with van der Waals surface area (Å²) < 4.78 is 13.1. The first kappa shape index (κ1) is 32.3. The molecule has 6 rings (SSSR count). The molecule has 0 amide bonds. The Balaban J connectivity index is 1.27. The molecule has 13 atom stereocenters. The standard InChI is InChI=1S/C37H63NO5/c1-11-22(2)28(38)29(40)42-26-15-17-36-21-37(36)19-18-33(8)32(7,24(37)13-12-23(36)30(26,3)4)20-25(39)35(33,10)34(9)16-14-27(43-34)31(5,6)41/h22-28,39,41H,11-21,38H2,1-10H3/t22?,23-,24?,25-,26-,27-,28+,32-,33-,34+,35-,36+,37-/m0/s1. The highest BCUT2D eigenvalue weighted by Crippen LogP contribution is 2.90. The Hall–Kier alpha value is -0.690. The molecule has 0 aromatic rings. The van der Waals surface area contributed by atoms with Gasteiger partial charge in [-0.3, -0.25) is 4.79 Å². The van der Waals surface area contributed by atoms with Crippen LogP contribution in [0.3, 0.4) is 0 Å². The quantitative estimate of drug-likeness (QED) is 0.290. The van der Waals surface area contributed by atoms with Crippen LogP contribution in [0.2, 0.25) is 0 Å². The summed E-state index contributed by atoms with van der Waals surface area (Å²) >= 11 is 0. The summed E-state index contributed by atoms with van der Waals surface area (Å²) in [6.07, 6.45) is 10.7. The zero-order chi connectivity index (χ0) is 31.8. The second kappa shape index (κ2) is 9.44. The summed E-state index contributed by atoms with van der Waals surface area (Å²) in [5, 5.41) is 23.0. The van der Waals surface area contributed by atoms with E-state index in [2.05, 4.69) is 48.5 Å². The Morgan fingerprint density at radius 1 is 0.977 bits per heavy atom. The van der Waals surface area contributed by atoms with E-state index in [0.29, 0.717) is 22.7 Å². The van der Waals surface area contributed by atoms with E-state index in [4.69, 9.17) is 15.2 Å². The third-order valence-electron chi connectivity index (χ3n) is 16.6. The van der Waals surface area contributed by atoms with Crippen molar-refractivity contribution in [2.24, 2.45) is 56.0 Å². The summed E-state index contributed by atoms with van der Waals surface area (Å²) in [6, 6.07) is -0.553. The number of rotatable bonds is 6. The van der Waals surface area contributed by atoms with Gasteiger partial charge in [0.15, 0.2) is 0 Å². The molecule has 2 spiro atoms. The van der Waals surface area contributed by atoms with Crippen molar-refractivity contribution in [1.82, 2.24) is 0 Å². The molecule has 1 aliphatic heterocycles. The lowest BCUT2D eigenvalue weighted by Crippen LogP contribution is -2.63. The molecule has 4 N–H and O–H groups in total. The number of carbonyl (C=O) groups is 1. The average molecular weight is 602 g/mol. The molecule has 246 valence electrons. The maximum absolute atomic E-state index is 13.1. The van der Waals surface area contributed by atoms with Crippen molar-refractivity contribution < 1.29 is 24.5 Å². The number of hydrogen-bond donors (Lipinski definition) is 3. The molecule has 6 heteroatoms. The fraction of sp³-hybridized carbons (Fsp3) is 0.973. The van der Waals surface area contributed by atoms with E-state index in [0.717, 1.165) is 51.4 Å². The minimum Gasteiger partial charge on any atom is -0.461 e. The normalized spacial score (nSPS) is 53.2. The Bertz CT molecular complexity index is 1150. The van der Waals surface area contributed by atoms with Crippen molar-refractivity contribution in [2.45, 2.75) is 175 Å². The number of ether oxygens (including phenoxy) is 2. The molecule has 1 heterocycles. The first-order valence-corrected chi connectivity index (χ1v) is 17.8. The lowest BCUT2D eigenvalue weighted by Gasteiger charge is -2.66. The maximum Gasteiger partial charge on any atom is 0.323 e. The molecular formula is C37H63NO5. The highest BCUT2D eigenvalue weighted by atomic mass is 16.5. The number of fused-ring (bicyclic) bond motifs is 2. The SMILES string of the molecule is CCC(C)[C@@H](N)C(=O)O[C@H]1CC[C@]23C[C@]24CC[C@]2(C)[C@@](C)([C@@]5(C)CC[C@@H](C(C)(C)O)O5)[C@@H](O)C[C@@]2(C)C4CC[C@H]3C1(C)C. The molecule has 2 unspecified atom stereocenters.